The number of hydrogen-bond acceptors (Lipinski definition) is 6. The molecule has 36 heavy (non-hydrogen) atoms. The molecule has 9 nitrogen and oxygen atoms in total. The number of benzene rings is 2. The second-order valence-electron chi connectivity index (χ2n) is 8.71. The lowest BCUT2D eigenvalue weighted by atomic mass is 10.0. The Balaban J connectivity index is 2.05. The molecule has 0 aliphatic heterocycles. The molecule has 2 aromatic carbocycles. The van der Waals surface area contributed by atoms with Crippen molar-refractivity contribution in [2.45, 2.75) is 44.8 Å². The first kappa shape index (κ1) is 29.3. The molecule has 0 saturated heterocycles. The topological polar surface area (TPSA) is 157 Å². The van der Waals surface area contributed by atoms with E-state index < -0.39 is 18.0 Å². The van der Waals surface area contributed by atoms with Crippen molar-refractivity contribution in [2.75, 3.05) is 26.2 Å². The zero-order valence-corrected chi connectivity index (χ0v) is 21.5. The van der Waals surface area contributed by atoms with Crippen LogP contribution in [0.4, 0.5) is 0 Å². The van der Waals surface area contributed by atoms with E-state index >= 15 is 0 Å². The van der Waals surface area contributed by atoms with Crippen LogP contribution in [0.15, 0.2) is 48.5 Å². The standard InChI is InChI=1S/C26H37ClN6O3/c1-18-13-20(15-21(27)14-18)17-31-26(36)23(8-7-19-5-3-2-4-6-19)32-25(35)22(30)16-24(34)33(11-9-28)12-10-29/h2-6,13-15,22-23H,7-12,16-17,28-30H2,1H3,(H,31,36)(H,32,35). The van der Waals surface area contributed by atoms with Gasteiger partial charge in [0.05, 0.1) is 12.5 Å². The summed E-state index contributed by atoms with van der Waals surface area (Å²) in [5, 5.41) is 6.19. The highest BCUT2D eigenvalue weighted by atomic mass is 35.5. The van der Waals surface area contributed by atoms with Crippen molar-refractivity contribution in [1.29, 1.82) is 0 Å². The lowest BCUT2D eigenvalue weighted by Gasteiger charge is -2.24. The van der Waals surface area contributed by atoms with Gasteiger partial charge in [0.2, 0.25) is 17.7 Å². The molecular formula is C26H37ClN6O3. The van der Waals surface area contributed by atoms with Gasteiger partial charge in [-0.3, -0.25) is 14.4 Å². The van der Waals surface area contributed by atoms with Crippen LogP contribution < -0.4 is 27.8 Å². The number of nitrogens with zero attached hydrogens (tertiary/aromatic N) is 1. The molecule has 8 N–H and O–H groups in total. The summed E-state index contributed by atoms with van der Waals surface area (Å²) in [5.41, 5.74) is 20.0. The lowest BCUT2D eigenvalue weighted by molar-refractivity contribution is -0.135. The van der Waals surface area contributed by atoms with Gasteiger partial charge in [0.25, 0.3) is 0 Å². The number of amides is 3. The number of rotatable bonds is 14. The summed E-state index contributed by atoms with van der Waals surface area (Å²) in [4.78, 5) is 40.0. The molecule has 196 valence electrons. The molecule has 10 heteroatoms. The van der Waals surface area contributed by atoms with E-state index in [2.05, 4.69) is 10.6 Å². The van der Waals surface area contributed by atoms with Crippen LogP contribution in [0.2, 0.25) is 5.02 Å². The molecule has 0 heterocycles. The van der Waals surface area contributed by atoms with Crippen LogP contribution in [0.1, 0.15) is 29.5 Å². The van der Waals surface area contributed by atoms with Crippen LogP contribution in [0, 0.1) is 6.92 Å². The smallest absolute Gasteiger partial charge is 0.242 e. The summed E-state index contributed by atoms with van der Waals surface area (Å²) >= 11 is 6.12. The van der Waals surface area contributed by atoms with Crippen LogP contribution in [-0.2, 0) is 27.3 Å². The Bertz CT molecular complexity index is 978. The number of nitrogens with one attached hydrogen (secondary N) is 2. The summed E-state index contributed by atoms with van der Waals surface area (Å²) in [7, 11) is 0. The largest absolute Gasteiger partial charge is 0.350 e. The van der Waals surface area contributed by atoms with Crippen molar-refractivity contribution in [3.05, 3.63) is 70.2 Å². The number of hydrogen-bond donors (Lipinski definition) is 5. The first-order valence-corrected chi connectivity index (χ1v) is 12.4. The SMILES string of the molecule is Cc1cc(Cl)cc(CNC(=O)C(CCc2ccccc2)NC(=O)C(N)CC(=O)N(CCN)CCN)c1. The molecule has 2 unspecified atom stereocenters. The van der Waals surface area contributed by atoms with E-state index in [0.717, 1.165) is 16.7 Å². The normalized spacial score (nSPS) is 12.5. The zero-order valence-electron chi connectivity index (χ0n) is 20.7. The summed E-state index contributed by atoms with van der Waals surface area (Å²) in [5.74, 6) is -1.23. The third kappa shape index (κ3) is 9.94. The molecule has 0 aliphatic rings. The maximum absolute atomic E-state index is 13.1. The molecule has 3 amide bonds. The van der Waals surface area contributed by atoms with Gasteiger partial charge in [0, 0.05) is 37.7 Å². The maximum Gasteiger partial charge on any atom is 0.242 e. The van der Waals surface area contributed by atoms with Gasteiger partial charge in [-0.2, -0.15) is 0 Å². The van der Waals surface area contributed by atoms with Crippen LogP contribution in [-0.4, -0.2) is 60.9 Å². The highest BCUT2D eigenvalue weighted by Crippen LogP contribution is 2.14. The minimum atomic E-state index is -1.11. The average Bonchev–Trinajstić information content (AvgIpc) is 2.84. The molecule has 0 spiro atoms. The first-order chi connectivity index (χ1) is 17.2. The Labute approximate surface area is 217 Å². The summed E-state index contributed by atoms with van der Waals surface area (Å²) in [6, 6.07) is 13.3. The second kappa shape index (κ2) is 15.2. The number of carbonyl (C=O) groups is 3. The third-order valence-corrected chi connectivity index (χ3v) is 5.87. The number of aryl methyl sites for hydroxylation is 2. The quantitative estimate of drug-likeness (QED) is 0.250. The molecule has 0 bridgehead atoms. The fourth-order valence-electron chi connectivity index (χ4n) is 3.81. The van der Waals surface area contributed by atoms with Crippen molar-refractivity contribution in [3.63, 3.8) is 0 Å². The van der Waals surface area contributed by atoms with E-state index in [-0.39, 0.29) is 37.9 Å². The molecule has 2 atom stereocenters. The first-order valence-electron chi connectivity index (χ1n) is 12.0. The molecule has 0 radical (unpaired) electrons. The van der Waals surface area contributed by atoms with E-state index in [4.69, 9.17) is 28.8 Å². The predicted molar refractivity (Wildman–Crippen MR) is 142 cm³/mol. The van der Waals surface area contributed by atoms with Gasteiger partial charge in [0.1, 0.15) is 6.04 Å². The van der Waals surface area contributed by atoms with E-state index in [1.54, 1.807) is 6.07 Å². The van der Waals surface area contributed by atoms with Crippen LogP contribution in [0.3, 0.4) is 0 Å². The Hall–Kier alpha value is -2.98. The number of nitrogens with two attached hydrogens (primary N) is 3. The van der Waals surface area contributed by atoms with Crippen LogP contribution in [0.25, 0.3) is 0 Å². The number of carbonyl (C=O) groups excluding carboxylic acids is 3. The maximum atomic E-state index is 13.1. The monoisotopic (exact) mass is 516 g/mol. The summed E-state index contributed by atoms with van der Waals surface area (Å²) in [6.45, 7) is 3.40. The number of halogens is 1. The van der Waals surface area contributed by atoms with E-state index in [9.17, 15) is 14.4 Å². The van der Waals surface area contributed by atoms with Crippen molar-refractivity contribution in [3.8, 4) is 0 Å². The van der Waals surface area contributed by atoms with Gasteiger partial charge < -0.3 is 32.7 Å². The van der Waals surface area contributed by atoms with Gasteiger partial charge in [-0.15, -0.1) is 0 Å². The molecule has 2 rings (SSSR count). The summed E-state index contributed by atoms with van der Waals surface area (Å²) < 4.78 is 0. The van der Waals surface area contributed by atoms with E-state index in [1.807, 2.05) is 49.4 Å². The van der Waals surface area contributed by atoms with Gasteiger partial charge in [-0.05, 0) is 48.6 Å². The Kier molecular flexibility index (Phi) is 12.4. The highest BCUT2D eigenvalue weighted by Gasteiger charge is 2.26. The van der Waals surface area contributed by atoms with Gasteiger partial charge >= 0.3 is 0 Å². The van der Waals surface area contributed by atoms with E-state index in [0.29, 0.717) is 31.0 Å². The van der Waals surface area contributed by atoms with Crippen molar-refractivity contribution >= 4 is 29.3 Å². The molecule has 2 aromatic rings. The fourth-order valence-corrected chi connectivity index (χ4v) is 4.12. The Morgan fingerprint density at radius 1 is 0.972 bits per heavy atom. The van der Waals surface area contributed by atoms with Gasteiger partial charge in [-0.1, -0.05) is 48.0 Å². The van der Waals surface area contributed by atoms with Crippen molar-refractivity contribution in [1.82, 2.24) is 15.5 Å². The summed E-state index contributed by atoms with van der Waals surface area (Å²) in [6.07, 6.45) is 0.731. The van der Waals surface area contributed by atoms with E-state index in [1.165, 1.54) is 4.90 Å². The molecule has 0 saturated carbocycles. The minimum absolute atomic E-state index is 0.208. The molecule has 0 aliphatic carbocycles. The van der Waals surface area contributed by atoms with Crippen molar-refractivity contribution < 1.29 is 14.4 Å². The predicted octanol–water partition coefficient (Wildman–Crippen LogP) is 0.846. The van der Waals surface area contributed by atoms with Crippen molar-refractivity contribution in [2.24, 2.45) is 17.2 Å². The second-order valence-corrected chi connectivity index (χ2v) is 9.15. The molecule has 0 fully saturated rings. The average molecular weight is 517 g/mol. The minimum Gasteiger partial charge on any atom is -0.350 e. The molecular weight excluding hydrogens is 480 g/mol. The Morgan fingerprint density at radius 2 is 1.64 bits per heavy atom. The fraction of sp³-hybridized carbons (Fsp3) is 0.423. The third-order valence-electron chi connectivity index (χ3n) is 5.65. The Morgan fingerprint density at radius 3 is 2.25 bits per heavy atom. The lowest BCUT2D eigenvalue weighted by Crippen LogP contribution is -2.53. The molecule has 0 aromatic heterocycles. The zero-order chi connectivity index (χ0) is 26.5. The van der Waals surface area contributed by atoms with Crippen LogP contribution >= 0.6 is 11.6 Å². The van der Waals surface area contributed by atoms with Gasteiger partial charge in [0.15, 0.2) is 0 Å². The van der Waals surface area contributed by atoms with Gasteiger partial charge in [-0.25, -0.2) is 0 Å². The van der Waals surface area contributed by atoms with Crippen LogP contribution in [0.5, 0.6) is 0 Å². The highest BCUT2D eigenvalue weighted by molar-refractivity contribution is 6.30.